The molecule has 4 nitrogen and oxygen atoms in total. The second-order valence-corrected chi connectivity index (χ2v) is 5.66. The van der Waals surface area contributed by atoms with Gasteiger partial charge in [0, 0.05) is 36.3 Å². The minimum Gasteiger partial charge on any atom is -0.392 e. The first-order chi connectivity index (χ1) is 9.70. The minimum absolute atomic E-state index is 0.0358. The van der Waals surface area contributed by atoms with Gasteiger partial charge in [-0.3, -0.25) is 0 Å². The molecule has 1 aliphatic rings. The van der Waals surface area contributed by atoms with E-state index in [1.807, 2.05) is 12.1 Å². The zero-order valence-corrected chi connectivity index (χ0v) is 12.1. The maximum atomic E-state index is 9.45. The van der Waals surface area contributed by atoms with Crippen molar-refractivity contribution in [3.8, 4) is 0 Å². The van der Waals surface area contributed by atoms with Gasteiger partial charge in [-0.1, -0.05) is 24.3 Å². The number of pyridine rings is 1. The van der Waals surface area contributed by atoms with Crippen LogP contribution in [-0.4, -0.2) is 48.2 Å². The Morgan fingerprint density at radius 1 is 1.30 bits per heavy atom. The maximum Gasteiger partial charge on any atom is 0.136 e. The van der Waals surface area contributed by atoms with E-state index in [0.717, 1.165) is 35.2 Å². The number of aliphatic hydroxyl groups is 1. The monoisotopic (exact) mass is 271 g/mol. The summed E-state index contributed by atoms with van der Waals surface area (Å²) in [6.07, 6.45) is 2.98. The van der Waals surface area contributed by atoms with Gasteiger partial charge in [-0.05, 0) is 25.9 Å². The van der Waals surface area contributed by atoms with E-state index in [4.69, 9.17) is 0 Å². The SMILES string of the molecule is CN(C)C1CCN(c2ncc(CO)c3ccccc23)C1. The van der Waals surface area contributed by atoms with E-state index in [-0.39, 0.29) is 6.61 Å². The summed E-state index contributed by atoms with van der Waals surface area (Å²) in [6.45, 7) is 2.09. The summed E-state index contributed by atoms with van der Waals surface area (Å²) >= 11 is 0. The molecule has 1 aromatic carbocycles. The number of fused-ring (bicyclic) bond motifs is 1. The van der Waals surface area contributed by atoms with Crippen molar-refractivity contribution in [2.24, 2.45) is 0 Å². The van der Waals surface area contributed by atoms with Crippen LogP contribution in [0.5, 0.6) is 0 Å². The molecule has 2 aromatic rings. The maximum absolute atomic E-state index is 9.45. The second-order valence-electron chi connectivity index (χ2n) is 5.66. The highest BCUT2D eigenvalue weighted by Crippen LogP contribution is 2.30. The summed E-state index contributed by atoms with van der Waals surface area (Å²) in [5.41, 5.74) is 0.896. The van der Waals surface area contributed by atoms with Crippen molar-refractivity contribution in [3.63, 3.8) is 0 Å². The molecule has 1 unspecified atom stereocenters. The largest absolute Gasteiger partial charge is 0.392 e. The van der Waals surface area contributed by atoms with Crippen LogP contribution in [0.25, 0.3) is 10.8 Å². The zero-order chi connectivity index (χ0) is 14.1. The molecule has 106 valence electrons. The average Bonchev–Trinajstić information content (AvgIpc) is 2.96. The first-order valence-electron chi connectivity index (χ1n) is 7.09. The number of aromatic nitrogens is 1. The molecule has 4 heteroatoms. The lowest BCUT2D eigenvalue weighted by atomic mass is 10.1. The fraction of sp³-hybridized carbons (Fsp3) is 0.438. The van der Waals surface area contributed by atoms with Gasteiger partial charge in [-0.15, -0.1) is 0 Å². The number of hydrogen-bond donors (Lipinski definition) is 1. The van der Waals surface area contributed by atoms with E-state index >= 15 is 0 Å². The van der Waals surface area contributed by atoms with E-state index in [1.54, 1.807) is 6.20 Å². The van der Waals surface area contributed by atoms with Crippen LogP contribution < -0.4 is 4.90 Å². The summed E-state index contributed by atoms with van der Waals surface area (Å²) in [7, 11) is 4.27. The normalized spacial score (nSPS) is 19.2. The van der Waals surface area contributed by atoms with E-state index in [9.17, 15) is 5.11 Å². The van der Waals surface area contributed by atoms with Crippen molar-refractivity contribution in [3.05, 3.63) is 36.0 Å². The molecule has 1 saturated heterocycles. The van der Waals surface area contributed by atoms with E-state index < -0.39 is 0 Å². The molecule has 0 bridgehead atoms. The topological polar surface area (TPSA) is 39.6 Å². The van der Waals surface area contributed by atoms with Crippen LogP contribution in [0.3, 0.4) is 0 Å². The highest BCUT2D eigenvalue weighted by molar-refractivity contribution is 5.94. The van der Waals surface area contributed by atoms with Gasteiger partial charge in [-0.2, -0.15) is 0 Å². The van der Waals surface area contributed by atoms with Gasteiger partial charge >= 0.3 is 0 Å². The number of benzene rings is 1. The quantitative estimate of drug-likeness (QED) is 0.925. The summed E-state index contributed by atoms with van der Waals surface area (Å²) in [5.74, 6) is 1.04. The van der Waals surface area contributed by atoms with Gasteiger partial charge in [-0.25, -0.2) is 4.98 Å². The van der Waals surface area contributed by atoms with Crippen LogP contribution >= 0.6 is 0 Å². The Morgan fingerprint density at radius 2 is 2.05 bits per heavy atom. The van der Waals surface area contributed by atoms with E-state index in [2.05, 4.69) is 41.0 Å². The van der Waals surface area contributed by atoms with Crippen molar-refractivity contribution in [2.45, 2.75) is 19.1 Å². The number of nitrogens with zero attached hydrogens (tertiary/aromatic N) is 3. The van der Waals surface area contributed by atoms with Crippen molar-refractivity contribution in [1.82, 2.24) is 9.88 Å². The Bertz CT molecular complexity index is 612. The van der Waals surface area contributed by atoms with Crippen LogP contribution in [0.1, 0.15) is 12.0 Å². The highest BCUT2D eigenvalue weighted by Gasteiger charge is 2.26. The molecular weight excluding hydrogens is 250 g/mol. The Balaban J connectivity index is 2.01. The number of likely N-dealkylation sites (N-methyl/N-ethyl adjacent to an activating group) is 1. The Labute approximate surface area is 119 Å². The molecule has 2 heterocycles. The number of hydrogen-bond acceptors (Lipinski definition) is 4. The van der Waals surface area contributed by atoms with Crippen LogP contribution in [-0.2, 0) is 6.61 Å². The molecule has 1 atom stereocenters. The summed E-state index contributed by atoms with van der Waals surface area (Å²) in [5, 5.41) is 11.7. The first kappa shape index (κ1) is 13.3. The van der Waals surface area contributed by atoms with Gasteiger partial charge < -0.3 is 14.9 Å². The van der Waals surface area contributed by atoms with Gasteiger partial charge in [0.15, 0.2) is 0 Å². The highest BCUT2D eigenvalue weighted by atomic mass is 16.3. The molecule has 1 aromatic heterocycles. The molecule has 1 fully saturated rings. The summed E-state index contributed by atoms with van der Waals surface area (Å²) in [6, 6.07) is 8.80. The molecule has 20 heavy (non-hydrogen) atoms. The van der Waals surface area contributed by atoms with Crippen molar-refractivity contribution < 1.29 is 5.11 Å². The van der Waals surface area contributed by atoms with Gasteiger partial charge in [0.25, 0.3) is 0 Å². The standard InChI is InChI=1S/C16H21N3O/c1-18(2)13-7-8-19(10-13)16-15-6-4-3-5-14(15)12(11-20)9-17-16/h3-6,9,13,20H,7-8,10-11H2,1-2H3. The average molecular weight is 271 g/mol. The van der Waals surface area contributed by atoms with Gasteiger partial charge in [0.05, 0.1) is 6.61 Å². The van der Waals surface area contributed by atoms with Crippen molar-refractivity contribution >= 4 is 16.6 Å². The molecule has 1 N–H and O–H groups in total. The zero-order valence-electron chi connectivity index (χ0n) is 12.1. The predicted octanol–water partition coefficient (Wildman–Crippen LogP) is 1.87. The molecule has 3 rings (SSSR count). The van der Waals surface area contributed by atoms with E-state index in [0.29, 0.717) is 6.04 Å². The molecule has 1 aliphatic heterocycles. The smallest absolute Gasteiger partial charge is 0.136 e. The second kappa shape index (κ2) is 5.38. The van der Waals surface area contributed by atoms with Crippen LogP contribution in [0.15, 0.2) is 30.5 Å². The van der Waals surface area contributed by atoms with Crippen LogP contribution in [0.4, 0.5) is 5.82 Å². The lowest BCUT2D eigenvalue weighted by Crippen LogP contribution is -2.31. The fourth-order valence-electron chi connectivity index (χ4n) is 2.97. The lowest BCUT2D eigenvalue weighted by Gasteiger charge is -2.22. The molecule has 0 radical (unpaired) electrons. The molecule has 0 spiro atoms. The van der Waals surface area contributed by atoms with Crippen molar-refractivity contribution in [2.75, 3.05) is 32.1 Å². The number of anilines is 1. The Morgan fingerprint density at radius 3 is 2.70 bits per heavy atom. The van der Waals surface area contributed by atoms with Gasteiger partial charge in [0.1, 0.15) is 5.82 Å². The third-order valence-corrected chi connectivity index (χ3v) is 4.22. The first-order valence-corrected chi connectivity index (χ1v) is 7.09. The summed E-state index contributed by atoms with van der Waals surface area (Å²) in [4.78, 5) is 9.24. The predicted molar refractivity (Wildman–Crippen MR) is 82.0 cm³/mol. The van der Waals surface area contributed by atoms with Gasteiger partial charge in [0.2, 0.25) is 0 Å². The number of aliphatic hydroxyl groups excluding tert-OH is 1. The van der Waals surface area contributed by atoms with E-state index in [1.165, 1.54) is 6.42 Å². The third kappa shape index (κ3) is 2.25. The third-order valence-electron chi connectivity index (χ3n) is 4.22. The fourth-order valence-corrected chi connectivity index (χ4v) is 2.97. The van der Waals surface area contributed by atoms with Crippen molar-refractivity contribution in [1.29, 1.82) is 0 Å². The Hall–Kier alpha value is -1.65. The molecular formula is C16H21N3O. The Kier molecular flexibility index (Phi) is 3.59. The molecule has 0 saturated carbocycles. The number of rotatable bonds is 3. The summed E-state index contributed by atoms with van der Waals surface area (Å²) < 4.78 is 0. The van der Waals surface area contributed by atoms with Crippen LogP contribution in [0.2, 0.25) is 0 Å². The minimum atomic E-state index is 0.0358. The lowest BCUT2D eigenvalue weighted by molar-refractivity contribution is 0.283. The van der Waals surface area contributed by atoms with Crippen LogP contribution in [0, 0.1) is 0 Å². The molecule has 0 aliphatic carbocycles. The molecule has 0 amide bonds.